The molecule has 0 aromatic heterocycles. The number of nitrogens with zero attached hydrogens (tertiary/aromatic N) is 1. The molecule has 1 atom stereocenters. The average Bonchev–Trinajstić information content (AvgIpc) is 2.70. The molecule has 176 valence electrons. The zero-order chi connectivity index (χ0) is 23.7. The molecule has 0 saturated carbocycles. The van der Waals surface area contributed by atoms with Crippen LogP contribution >= 0.6 is 0 Å². The summed E-state index contributed by atoms with van der Waals surface area (Å²) in [7, 11) is -3.32. The number of anilines is 1. The van der Waals surface area contributed by atoms with Crippen LogP contribution in [0.4, 0.5) is 14.5 Å². The van der Waals surface area contributed by atoms with Gasteiger partial charge in [0.25, 0.3) is 0 Å². The van der Waals surface area contributed by atoms with Gasteiger partial charge in [-0.05, 0) is 35.4 Å². The number of nitrogens with one attached hydrogen (secondary N) is 1. The second-order valence-corrected chi connectivity index (χ2v) is 9.11. The van der Waals surface area contributed by atoms with Crippen molar-refractivity contribution in [2.45, 2.75) is 19.1 Å². The molecule has 1 aliphatic rings. The molecule has 1 fully saturated rings. The molecule has 3 rings (SSSR count). The number of benzene rings is 2. The normalized spacial score (nSPS) is 16.7. The number of carboxylic acids is 1. The number of carbonyl (C=O) groups is 1. The number of carboxylic acid groups (broad SMARTS) is 1. The first-order valence-electron chi connectivity index (χ1n) is 9.82. The van der Waals surface area contributed by atoms with Gasteiger partial charge in [0.1, 0.15) is 0 Å². The molecule has 1 aliphatic heterocycles. The Morgan fingerprint density at radius 3 is 2.59 bits per heavy atom. The van der Waals surface area contributed by atoms with Crippen molar-refractivity contribution in [3.05, 3.63) is 65.2 Å². The van der Waals surface area contributed by atoms with Gasteiger partial charge in [0, 0.05) is 31.9 Å². The monoisotopic (exact) mass is 471 g/mol. The Morgan fingerprint density at radius 2 is 1.97 bits per heavy atom. The van der Waals surface area contributed by atoms with Gasteiger partial charge in [-0.3, -0.25) is 14.4 Å². The van der Waals surface area contributed by atoms with Gasteiger partial charge in [-0.2, -0.15) is 0 Å². The lowest BCUT2D eigenvalue weighted by Gasteiger charge is -2.32. The second kappa shape index (κ2) is 11.9. The number of halogens is 2. The molecule has 2 aromatic carbocycles. The van der Waals surface area contributed by atoms with Crippen molar-refractivity contribution in [2.24, 2.45) is 5.73 Å². The fraction of sp³-hybridized carbons (Fsp3) is 0.381. The van der Waals surface area contributed by atoms with Gasteiger partial charge >= 0.3 is 5.97 Å². The predicted octanol–water partition coefficient (Wildman–Crippen LogP) is 1.81. The summed E-state index contributed by atoms with van der Waals surface area (Å²) in [5, 5.41) is 8.55. The molecule has 8 nitrogen and oxygen atoms in total. The van der Waals surface area contributed by atoms with Crippen LogP contribution < -0.4 is 10.5 Å². The Morgan fingerprint density at radius 1 is 1.22 bits per heavy atom. The van der Waals surface area contributed by atoms with Crippen molar-refractivity contribution in [3.63, 3.8) is 0 Å². The average molecular weight is 472 g/mol. The number of morpholine rings is 1. The second-order valence-electron chi connectivity index (χ2n) is 7.36. The Balaban J connectivity index is 0.000000229. The van der Waals surface area contributed by atoms with Gasteiger partial charge in [0.2, 0.25) is 10.0 Å². The molecule has 0 aliphatic carbocycles. The SMILES string of the molecule is CS(=O)(=O)Nc1cccc(CC(=O)O)c1.NC[C@H]1CN(Cc2ccc(F)c(F)c2)CCO1. The van der Waals surface area contributed by atoms with Gasteiger partial charge in [-0.25, -0.2) is 17.2 Å². The van der Waals surface area contributed by atoms with Crippen LogP contribution in [0.2, 0.25) is 0 Å². The number of ether oxygens (including phenoxy) is 1. The summed E-state index contributed by atoms with van der Waals surface area (Å²) in [6.07, 6.45) is 0.949. The van der Waals surface area contributed by atoms with Gasteiger partial charge in [0.05, 0.1) is 25.4 Å². The third-order valence-electron chi connectivity index (χ3n) is 4.46. The van der Waals surface area contributed by atoms with E-state index in [9.17, 15) is 22.0 Å². The van der Waals surface area contributed by atoms with Crippen molar-refractivity contribution >= 4 is 21.7 Å². The van der Waals surface area contributed by atoms with Gasteiger partial charge in [-0.15, -0.1) is 0 Å². The Kier molecular flexibility index (Phi) is 9.51. The summed E-state index contributed by atoms with van der Waals surface area (Å²) < 4.78 is 55.3. The Hall–Kier alpha value is -2.60. The zero-order valence-corrected chi connectivity index (χ0v) is 18.4. The highest BCUT2D eigenvalue weighted by Crippen LogP contribution is 2.14. The van der Waals surface area contributed by atoms with Gasteiger partial charge < -0.3 is 15.6 Å². The van der Waals surface area contributed by atoms with Crippen LogP contribution in [-0.4, -0.2) is 63.0 Å². The first kappa shape index (κ1) is 25.7. The van der Waals surface area contributed by atoms with Gasteiger partial charge in [0.15, 0.2) is 11.6 Å². The fourth-order valence-corrected chi connectivity index (χ4v) is 3.65. The first-order chi connectivity index (χ1) is 15.1. The molecule has 1 heterocycles. The summed E-state index contributed by atoms with van der Waals surface area (Å²) in [5.41, 5.74) is 7.23. The number of sulfonamides is 1. The molecule has 2 aromatic rings. The highest BCUT2D eigenvalue weighted by atomic mass is 32.2. The molecule has 0 amide bonds. The van der Waals surface area contributed by atoms with E-state index in [2.05, 4.69) is 9.62 Å². The lowest BCUT2D eigenvalue weighted by molar-refractivity contribution is -0.136. The smallest absolute Gasteiger partial charge is 0.307 e. The van der Waals surface area contributed by atoms with Crippen LogP contribution in [0.15, 0.2) is 42.5 Å². The fourth-order valence-electron chi connectivity index (χ4n) is 3.10. The van der Waals surface area contributed by atoms with E-state index in [1.54, 1.807) is 24.3 Å². The third-order valence-corrected chi connectivity index (χ3v) is 5.07. The highest BCUT2D eigenvalue weighted by molar-refractivity contribution is 7.92. The molecule has 0 radical (unpaired) electrons. The number of hydrogen-bond donors (Lipinski definition) is 3. The van der Waals surface area contributed by atoms with Crippen LogP contribution in [0.25, 0.3) is 0 Å². The van der Waals surface area contributed by atoms with E-state index in [0.717, 1.165) is 31.0 Å². The van der Waals surface area contributed by atoms with E-state index in [-0.39, 0.29) is 12.5 Å². The van der Waals surface area contributed by atoms with Crippen molar-refractivity contribution in [1.29, 1.82) is 0 Å². The van der Waals surface area contributed by atoms with E-state index in [4.69, 9.17) is 15.6 Å². The molecule has 0 bridgehead atoms. The van der Waals surface area contributed by atoms with Crippen LogP contribution in [0, 0.1) is 11.6 Å². The number of nitrogens with two attached hydrogens (primary N) is 1. The molecule has 0 unspecified atom stereocenters. The molecule has 1 saturated heterocycles. The van der Waals surface area contributed by atoms with Crippen LogP contribution in [0.5, 0.6) is 0 Å². The summed E-state index contributed by atoms with van der Waals surface area (Å²) in [6, 6.07) is 10.3. The molecular weight excluding hydrogens is 444 g/mol. The van der Waals surface area contributed by atoms with E-state index < -0.39 is 27.6 Å². The van der Waals surface area contributed by atoms with Crippen molar-refractivity contribution in [2.75, 3.05) is 37.2 Å². The van der Waals surface area contributed by atoms with Crippen LogP contribution in [0.1, 0.15) is 11.1 Å². The lowest BCUT2D eigenvalue weighted by Crippen LogP contribution is -2.45. The topological polar surface area (TPSA) is 122 Å². The maximum Gasteiger partial charge on any atom is 0.307 e. The van der Waals surface area contributed by atoms with Crippen LogP contribution in [-0.2, 0) is 32.5 Å². The predicted molar refractivity (Wildman–Crippen MR) is 117 cm³/mol. The van der Waals surface area contributed by atoms with E-state index >= 15 is 0 Å². The zero-order valence-electron chi connectivity index (χ0n) is 17.6. The molecule has 4 N–H and O–H groups in total. The minimum absolute atomic E-state index is 0.0362. The Bertz CT molecular complexity index is 1020. The molecule has 11 heteroatoms. The summed E-state index contributed by atoms with van der Waals surface area (Å²) in [5.74, 6) is -2.56. The number of rotatable bonds is 7. The first-order valence-corrected chi connectivity index (χ1v) is 11.7. The van der Waals surface area contributed by atoms with Gasteiger partial charge in [-0.1, -0.05) is 18.2 Å². The minimum atomic E-state index is -3.32. The standard InChI is InChI=1S/C12H16F2N2O.C9H11NO4S/c13-11-2-1-9(5-12(11)14)7-16-3-4-17-10(6-15)8-16;1-15(13,14)10-8-4-2-3-7(5-8)6-9(11)12/h1-2,5,10H,3-4,6-8,15H2;2-5,10H,6H2,1H3,(H,11,12)/t10-;/m0./s1. The summed E-state index contributed by atoms with van der Waals surface area (Å²) in [4.78, 5) is 12.6. The van der Waals surface area contributed by atoms with Crippen molar-refractivity contribution in [1.82, 2.24) is 4.90 Å². The molecular formula is C21H27F2N3O5S. The number of hydrogen-bond acceptors (Lipinski definition) is 6. The minimum Gasteiger partial charge on any atom is -0.481 e. The number of aliphatic carboxylic acids is 1. The van der Waals surface area contributed by atoms with Crippen LogP contribution in [0.3, 0.4) is 0 Å². The quantitative estimate of drug-likeness (QED) is 0.563. The van der Waals surface area contributed by atoms with E-state index in [1.165, 1.54) is 12.1 Å². The summed E-state index contributed by atoms with van der Waals surface area (Å²) >= 11 is 0. The Labute approximate surface area is 186 Å². The lowest BCUT2D eigenvalue weighted by atomic mass is 10.1. The van der Waals surface area contributed by atoms with E-state index in [1.807, 2.05) is 0 Å². The maximum absolute atomic E-state index is 13.0. The largest absolute Gasteiger partial charge is 0.481 e. The highest BCUT2D eigenvalue weighted by Gasteiger charge is 2.19. The van der Waals surface area contributed by atoms with Crippen molar-refractivity contribution < 1.29 is 31.8 Å². The maximum atomic E-state index is 13.0. The van der Waals surface area contributed by atoms with E-state index in [0.29, 0.717) is 30.9 Å². The molecule has 32 heavy (non-hydrogen) atoms. The summed E-state index contributed by atoms with van der Waals surface area (Å²) in [6.45, 7) is 3.22. The third kappa shape index (κ3) is 9.27. The molecule has 0 spiro atoms. The van der Waals surface area contributed by atoms with Crippen molar-refractivity contribution in [3.8, 4) is 0 Å².